The SMILES string of the molecule is COc1cc2c(cc1OC)CN(CCc1ccc(NC(=O)c3cc(N4CCOCC4)ccc3NC(=O)c3cnc4ccccc4c3)cc1)CC2. The van der Waals surface area contributed by atoms with Crippen LogP contribution >= 0.6 is 0 Å². The molecular weight excluding hydrogens is 630 g/mol. The number of benzene rings is 4. The molecule has 2 aliphatic rings. The van der Waals surface area contributed by atoms with Gasteiger partial charge in [-0.25, -0.2) is 0 Å². The number of fused-ring (bicyclic) bond motifs is 2. The summed E-state index contributed by atoms with van der Waals surface area (Å²) in [6.45, 7) is 5.46. The Balaban J connectivity index is 1.03. The molecule has 0 bridgehead atoms. The highest BCUT2D eigenvalue weighted by Gasteiger charge is 2.21. The molecule has 50 heavy (non-hydrogen) atoms. The molecule has 0 atom stereocenters. The molecule has 0 unspecified atom stereocenters. The normalized spacial score (nSPS) is 14.6. The maximum absolute atomic E-state index is 13.8. The number of hydrogen-bond donors (Lipinski definition) is 2. The number of aromatic nitrogens is 1. The molecule has 7 rings (SSSR count). The first kappa shape index (κ1) is 33.1. The van der Waals surface area contributed by atoms with Crippen LogP contribution in [0.4, 0.5) is 17.1 Å². The first-order valence-electron chi connectivity index (χ1n) is 17.0. The summed E-state index contributed by atoms with van der Waals surface area (Å²) in [5.74, 6) is 0.891. The van der Waals surface area contributed by atoms with Gasteiger partial charge in [-0.3, -0.25) is 19.5 Å². The van der Waals surface area contributed by atoms with Gasteiger partial charge in [0.15, 0.2) is 11.5 Å². The molecule has 2 amide bonds. The molecule has 1 fully saturated rings. The second kappa shape index (κ2) is 15.0. The van der Waals surface area contributed by atoms with E-state index in [1.54, 1.807) is 32.5 Å². The van der Waals surface area contributed by atoms with E-state index in [9.17, 15) is 9.59 Å². The molecule has 10 nitrogen and oxygen atoms in total. The molecule has 2 aliphatic heterocycles. The third-order valence-corrected chi connectivity index (χ3v) is 9.45. The van der Waals surface area contributed by atoms with Crippen molar-refractivity contribution in [3.63, 3.8) is 0 Å². The zero-order valence-electron chi connectivity index (χ0n) is 28.4. The summed E-state index contributed by atoms with van der Waals surface area (Å²) in [4.78, 5) is 36.3. The van der Waals surface area contributed by atoms with Crippen molar-refractivity contribution in [2.75, 3.05) is 69.1 Å². The Labute approximate surface area is 292 Å². The minimum absolute atomic E-state index is 0.307. The number of anilines is 3. The van der Waals surface area contributed by atoms with Crippen LogP contribution < -0.4 is 25.0 Å². The summed E-state index contributed by atoms with van der Waals surface area (Å²) in [5.41, 5.74) is 7.37. The van der Waals surface area contributed by atoms with Crippen LogP contribution in [0.2, 0.25) is 0 Å². The molecule has 0 spiro atoms. The van der Waals surface area contributed by atoms with Gasteiger partial charge in [-0.15, -0.1) is 0 Å². The molecule has 4 aromatic carbocycles. The van der Waals surface area contributed by atoms with Crippen molar-refractivity contribution in [3.05, 3.63) is 119 Å². The second-order valence-electron chi connectivity index (χ2n) is 12.6. The maximum atomic E-state index is 13.8. The molecular formula is C40H41N5O5. The number of nitrogens with zero attached hydrogens (tertiary/aromatic N) is 3. The van der Waals surface area contributed by atoms with Gasteiger partial charge in [-0.05, 0) is 84.1 Å². The monoisotopic (exact) mass is 671 g/mol. The summed E-state index contributed by atoms with van der Waals surface area (Å²) in [6.07, 6.45) is 3.41. The molecule has 0 saturated carbocycles. The molecule has 2 N–H and O–H groups in total. The lowest BCUT2D eigenvalue weighted by Crippen LogP contribution is -2.36. The van der Waals surface area contributed by atoms with E-state index >= 15 is 0 Å². The minimum atomic E-state index is -0.336. The highest BCUT2D eigenvalue weighted by Crippen LogP contribution is 2.33. The Bertz CT molecular complexity index is 2010. The molecule has 256 valence electrons. The van der Waals surface area contributed by atoms with Crippen molar-refractivity contribution in [2.45, 2.75) is 19.4 Å². The summed E-state index contributed by atoms with van der Waals surface area (Å²) < 4.78 is 16.5. The standard InChI is InChI=1S/C40H41N5O5/c1-48-37-22-28-14-16-44(26-31(28)23-38(37)49-2)15-13-27-7-9-32(10-8-27)42-40(47)34-24-33(45-17-19-50-20-18-45)11-12-36(34)43-39(46)30-21-29-5-3-4-6-35(29)41-25-30/h3-12,21-25H,13-20,26H2,1-2H3,(H,42,47)(H,43,46). The van der Waals surface area contributed by atoms with Gasteiger partial charge in [0, 0.05) is 55.7 Å². The van der Waals surface area contributed by atoms with Crippen LogP contribution in [0.1, 0.15) is 37.4 Å². The summed E-state index contributed by atoms with van der Waals surface area (Å²) in [7, 11) is 3.34. The van der Waals surface area contributed by atoms with Crippen molar-refractivity contribution in [1.29, 1.82) is 0 Å². The molecule has 10 heteroatoms. The van der Waals surface area contributed by atoms with E-state index in [4.69, 9.17) is 14.2 Å². The molecule has 5 aromatic rings. The topological polar surface area (TPSA) is 105 Å². The first-order chi connectivity index (χ1) is 24.5. The smallest absolute Gasteiger partial charge is 0.257 e. The Morgan fingerprint density at radius 1 is 0.820 bits per heavy atom. The van der Waals surface area contributed by atoms with Crippen molar-refractivity contribution < 1.29 is 23.8 Å². The zero-order chi connectivity index (χ0) is 34.5. The Hall–Kier alpha value is -5.45. The average Bonchev–Trinajstić information content (AvgIpc) is 3.17. The lowest BCUT2D eigenvalue weighted by atomic mass is 9.98. The van der Waals surface area contributed by atoms with E-state index in [2.05, 4.69) is 49.7 Å². The number of para-hydroxylation sites is 1. The van der Waals surface area contributed by atoms with Crippen LogP contribution in [0.3, 0.4) is 0 Å². The van der Waals surface area contributed by atoms with Gasteiger partial charge in [-0.1, -0.05) is 30.3 Å². The maximum Gasteiger partial charge on any atom is 0.257 e. The predicted octanol–water partition coefficient (Wildman–Crippen LogP) is 6.19. The van der Waals surface area contributed by atoms with E-state index < -0.39 is 0 Å². The number of carbonyl (C=O) groups excluding carboxylic acids is 2. The fourth-order valence-corrected chi connectivity index (χ4v) is 6.61. The Morgan fingerprint density at radius 2 is 1.58 bits per heavy atom. The number of pyridine rings is 1. The van der Waals surface area contributed by atoms with E-state index in [1.807, 2.05) is 48.5 Å². The average molecular weight is 672 g/mol. The number of morpholine rings is 1. The minimum Gasteiger partial charge on any atom is -0.493 e. The predicted molar refractivity (Wildman–Crippen MR) is 196 cm³/mol. The van der Waals surface area contributed by atoms with Gasteiger partial charge in [0.2, 0.25) is 0 Å². The Kier molecular flexibility index (Phi) is 9.91. The van der Waals surface area contributed by atoms with Gasteiger partial charge in [0.05, 0.1) is 49.8 Å². The van der Waals surface area contributed by atoms with Crippen LogP contribution in [-0.2, 0) is 24.1 Å². The Morgan fingerprint density at radius 3 is 2.36 bits per heavy atom. The number of carbonyl (C=O) groups is 2. The van der Waals surface area contributed by atoms with E-state index in [1.165, 1.54) is 16.7 Å². The summed E-state index contributed by atoms with van der Waals surface area (Å²) in [6, 6.07) is 27.2. The summed E-state index contributed by atoms with van der Waals surface area (Å²) >= 11 is 0. The van der Waals surface area contributed by atoms with Crippen molar-refractivity contribution in [1.82, 2.24) is 9.88 Å². The lowest BCUT2D eigenvalue weighted by molar-refractivity contribution is 0.102. The number of amides is 2. The largest absolute Gasteiger partial charge is 0.493 e. The van der Waals surface area contributed by atoms with Crippen LogP contribution in [0.25, 0.3) is 10.9 Å². The van der Waals surface area contributed by atoms with Crippen LogP contribution in [-0.4, -0.2) is 75.3 Å². The highest BCUT2D eigenvalue weighted by atomic mass is 16.5. The fraction of sp³-hybridized carbons (Fsp3) is 0.275. The molecule has 0 aliphatic carbocycles. The fourth-order valence-electron chi connectivity index (χ4n) is 6.61. The highest BCUT2D eigenvalue weighted by molar-refractivity contribution is 6.13. The van der Waals surface area contributed by atoms with E-state index in [-0.39, 0.29) is 11.8 Å². The third kappa shape index (κ3) is 7.41. The lowest BCUT2D eigenvalue weighted by Gasteiger charge is -2.29. The number of ether oxygens (including phenoxy) is 3. The van der Waals surface area contributed by atoms with Crippen LogP contribution in [0, 0.1) is 0 Å². The third-order valence-electron chi connectivity index (χ3n) is 9.45. The van der Waals surface area contributed by atoms with Crippen molar-refractivity contribution >= 4 is 39.8 Å². The van der Waals surface area contributed by atoms with Crippen LogP contribution in [0.15, 0.2) is 91.1 Å². The van der Waals surface area contributed by atoms with E-state index in [0.717, 1.165) is 73.7 Å². The number of hydrogen-bond acceptors (Lipinski definition) is 8. The van der Waals surface area contributed by atoms with Gasteiger partial charge in [-0.2, -0.15) is 0 Å². The van der Waals surface area contributed by atoms with Crippen molar-refractivity contribution in [3.8, 4) is 11.5 Å². The number of rotatable bonds is 10. The molecule has 3 heterocycles. The van der Waals surface area contributed by atoms with Gasteiger partial charge in [0.25, 0.3) is 11.8 Å². The first-order valence-corrected chi connectivity index (χ1v) is 17.0. The number of nitrogens with one attached hydrogen (secondary N) is 2. The molecule has 1 saturated heterocycles. The van der Waals surface area contributed by atoms with Crippen molar-refractivity contribution in [2.24, 2.45) is 0 Å². The zero-order valence-corrected chi connectivity index (χ0v) is 28.4. The quantitative estimate of drug-likeness (QED) is 0.181. The van der Waals surface area contributed by atoms with E-state index in [0.29, 0.717) is 35.7 Å². The molecule has 0 radical (unpaired) electrons. The van der Waals surface area contributed by atoms with Gasteiger partial charge >= 0.3 is 0 Å². The summed E-state index contributed by atoms with van der Waals surface area (Å²) in [5, 5.41) is 6.88. The number of methoxy groups -OCH3 is 2. The second-order valence-corrected chi connectivity index (χ2v) is 12.6. The van der Waals surface area contributed by atoms with Gasteiger partial charge in [0.1, 0.15) is 0 Å². The van der Waals surface area contributed by atoms with Gasteiger partial charge < -0.3 is 29.7 Å². The van der Waals surface area contributed by atoms with Crippen LogP contribution in [0.5, 0.6) is 11.5 Å². The molecule has 1 aromatic heterocycles.